The Bertz CT molecular complexity index is 1520. The van der Waals surface area contributed by atoms with Crippen molar-refractivity contribution in [2.24, 2.45) is 5.73 Å². The van der Waals surface area contributed by atoms with E-state index in [0.29, 0.717) is 22.5 Å². The summed E-state index contributed by atoms with van der Waals surface area (Å²) in [5.41, 5.74) is 6.12. The molecule has 1 aliphatic carbocycles. The average molecular weight is 554 g/mol. The summed E-state index contributed by atoms with van der Waals surface area (Å²) < 4.78 is 33.8. The van der Waals surface area contributed by atoms with Crippen molar-refractivity contribution in [1.29, 1.82) is 0 Å². The van der Waals surface area contributed by atoms with E-state index in [4.69, 9.17) is 17.3 Å². The second kappa shape index (κ2) is 11.0. The van der Waals surface area contributed by atoms with Gasteiger partial charge in [-0.3, -0.25) is 4.68 Å². The number of halogens is 3. The summed E-state index contributed by atoms with van der Waals surface area (Å²) >= 11 is 7.19. The molecule has 0 unspecified atom stereocenters. The third-order valence-corrected chi connectivity index (χ3v) is 7.35. The molecule has 1 fully saturated rings. The van der Waals surface area contributed by atoms with Gasteiger partial charge in [0.15, 0.2) is 5.82 Å². The zero-order valence-corrected chi connectivity index (χ0v) is 23.2. The Hall–Kier alpha value is -2.57. The molecule has 37 heavy (non-hydrogen) atoms. The first-order valence-electron chi connectivity index (χ1n) is 11.0. The summed E-state index contributed by atoms with van der Waals surface area (Å²) in [6.07, 6.45) is 5.00. The number of benzene rings is 2. The molecule has 0 atom stereocenters. The number of aromatic nitrogens is 3. The Kier molecular flexibility index (Phi) is 8.20. The standard InChI is InChI=1S/C24H20ClF2N5O3S.Na/c25-16-7-6-15-21(19(16)27)32(13-10-30-31(11-13)9-8-29-24(28)35)20(12-4-5-12)22(15)36-17-3-1-2-14(18(17)26)23(33)34;/h1-3,6-7,10-12H,4-5,8-9H2,(H,33,34)(H3,28,29,35);/q;+1/p-1. The third-order valence-electron chi connectivity index (χ3n) is 5.89. The maximum absolute atomic E-state index is 15.5. The van der Waals surface area contributed by atoms with Crippen molar-refractivity contribution in [2.75, 3.05) is 6.54 Å². The summed E-state index contributed by atoms with van der Waals surface area (Å²) in [7, 11) is 0. The number of hydrogen-bond acceptors (Lipinski definition) is 5. The van der Waals surface area contributed by atoms with Crippen LogP contribution in [0.4, 0.5) is 13.6 Å². The molecule has 4 aromatic rings. The molecule has 0 spiro atoms. The molecule has 0 saturated heterocycles. The van der Waals surface area contributed by atoms with Crippen LogP contribution in [0.25, 0.3) is 16.6 Å². The molecule has 0 radical (unpaired) electrons. The van der Waals surface area contributed by atoms with Crippen molar-refractivity contribution in [3.05, 3.63) is 70.6 Å². The van der Waals surface area contributed by atoms with E-state index >= 15 is 8.78 Å². The van der Waals surface area contributed by atoms with Crippen LogP contribution in [0.15, 0.2) is 52.5 Å². The van der Waals surface area contributed by atoms with Crippen molar-refractivity contribution in [3.8, 4) is 5.69 Å². The van der Waals surface area contributed by atoms with E-state index in [0.717, 1.165) is 36.4 Å². The van der Waals surface area contributed by atoms with Gasteiger partial charge in [-0.15, -0.1) is 0 Å². The molecule has 1 aliphatic rings. The average Bonchev–Trinajstić information content (AvgIpc) is 3.47. The number of aromatic carboxylic acids is 1. The molecule has 1 saturated carbocycles. The number of carboxylic acids is 1. The first-order valence-corrected chi connectivity index (χ1v) is 12.2. The largest absolute Gasteiger partial charge is 1.00 e. The zero-order chi connectivity index (χ0) is 25.6. The number of rotatable bonds is 8. The molecule has 3 N–H and O–H groups in total. The van der Waals surface area contributed by atoms with Crippen molar-refractivity contribution in [3.63, 3.8) is 0 Å². The second-order valence-electron chi connectivity index (χ2n) is 8.34. The Morgan fingerprint density at radius 1 is 1.22 bits per heavy atom. The topological polar surface area (TPSA) is 118 Å². The van der Waals surface area contributed by atoms with Crippen molar-refractivity contribution in [2.45, 2.75) is 35.1 Å². The number of nitrogens with one attached hydrogen (secondary N) is 1. The number of carboxylic acid groups (broad SMARTS) is 1. The van der Waals surface area contributed by atoms with Crippen LogP contribution in [0, 0.1) is 11.6 Å². The maximum atomic E-state index is 15.5. The molecular formula is C24H19ClF2N5NaO3S. The number of nitrogens with two attached hydrogens (primary N) is 1. The molecular weight excluding hydrogens is 535 g/mol. The minimum atomic E-state index is -1.61. The van der Waals surface area contributed by atoms with Crippen LogP contribution in [0.2, 0.25) is 5.02 Å². The van der Waals surface area contributed by atoms with Crippen LogP contribution in [0.1, 0.15) is 34.8 Å². The predicted octanol–water partition coefficient (Wildman–Crippen LogP) is 0.823. The number of carbonyl (C=O) groups is 2. The van der Waals surface area contributed by atoms with Crippen molar-refractivity contribution < 1.29 is 53.0 Å². The van der Waals surface area contributed by atoms with Gasteiger partial charge in [-0.1, -0.05) is 35.5 Å². The van der Waals surface area contributed by atoms with Gasteiger partial charge >= 0.3 is 35.6 Å². The van der Waals surface area contributed by atoms with Crippen LogP contribution < -0.4 is 45.7 Å². The molecule has 2 amide bonds. The van der Waals surface area contributed by atoms with Gasteiger partial charge in [0.25, 0.3) is 0 Å². The van der Waals surface area contributed by atoms with E-state index in [9.17, 15) is 14.7 Å². The summed E-state index contributed by atoms with van der Waals surface area (Å²) in [5, 5.41) is 18.6. The van der Waals surface area contributed by atoms with E-state index in [1.807, 2.05) is 0 Å². The maximum Gasteiger partial charge on any atom is 1.00 e. The summed E-state index contributed by atoms with van der Waals surface area (Å²) in [5.74, 6) is -3.06. The normalized spacial score (nSPS) is 12.9. The monoisotopic (exact) mass is 553 g/mol. The van der Waals surface area contributed by atoms with Gasteiger partial charge in [0.05, 0.1) is 34.9 Å². The number of urea groups is 1. The van der Waals surface area contributed by atoms with Crippen molar-refractivity contribution in [1.82, 2.24) is 19.7 Å². The SMILES string of the molecule is NC(=O)NCCn1cc(-n2c(C3CC3)c(Sc3cccc(C(=O)[O-])c3F)c3ccc(Cl)c(F)c32)cn1.[Na+]. The fourth-order valence-corrected chi connectivity index (χ4v) is 5.50. The molecule has 2 aromatic heterocycles. The first-order chi connectivity index (χ1) is 17.3. The Labute approximate surface area is 241 Å². The summed E-state index contributed by atoms with van der Waals surface area (Å²) in [6, 6.07) is 6.52. The molecule has 0 aliphatic heterocycles. The molecule has 2 aromatic carbocycles. The van der Waals surface area contributed by atoms with Gasteiger partial charge in [-0.25, -0.2) is 13.6 Å². The van der Waals surface area contributed by atoms with E-state index in [-0.39, 0.29) is 57.5 Å². The fraction of sp³-hybridized carbons (Fsp3) is 0.208. The van der Waals surface area contributed by atoms with E-state index < -0.39 is 29.2 Å². The van der Waals surface area contributed by atoms with Gasteiger partial charge < -0.3 is 25.5 Å². The molecule has 0 bridgehead atoms. The second-order valence-corrected chi connectivity index (χ2v) is 9.80. The van der Waals surface area contributed by atoms with Crippen LogP contribution >= 0.6 is 23.4 Å². The van der Waals surface area contributed by atoms with Gasteiger partial charge in [0, 0.05) is 45.1 Å². The minimum absolute atomic E-state index is 0. The number of hydrogen-bond donors (Lipinski definition) is 2. The van der Waals surface area contributed by atoms with Gasteiger partial charge in [0.2, 0.25) is 0 Å². The molecule has 5 rings (SSSR count). The smallest absolute Gasteiger partial charge is 0.545 e. The molecule has 8 nitrogen and oxygen atoms in total. The van der Waals surface area contributed by atoms with E-state index in [2.05, 4.69) is 10.4 Å². The van der Waals surface area contributed by atoms with E-state index in [1.165, 1.54) is 18.2 Å². The Morgan fingerprint density at radius 3 is 2.65 bits per heavy atom. The number of amides is 2. The Morgan fingerprint density at radius 2 is 1.97 bits per heavy atom. The fourth-order valence-electron chi connectivity index (χ4n) is 4.14. The predicted molar refractivity (Wildman–Crippen MR) is 128 cm³/mol. The van der Waals surface area contributed by atoms with Gasteiger partial charge in [0.1, 0.15) is 5.82 Å². The van der Waals surface area contributed by atoms with Gasteiger partial charge in [-0.05, 0) is 31.0 Å². The summed E-state index contributed by atoms with van der Waals surface area (Å²) in [6.45, 7) is 0.598. The summed E-state index contributed by atoms with van der Waals surface area (Å²) in [4.78, 5) is 23.0. The van der Waals surface area contributed by atoms with E-state index in [1.54, 1.807) is 27.7 Å². The van der Waals surface area contributed by atoms with Crippen molar-refractivity contribution >= 4 is 46.3 Å². The molecule has 13 heteroatoms. The van der Waals surface area contributed by atoms with Gasteiger partial charge in [-0.2, -0.15) is 5.10 Å². The van der Waals surface area contributed by atoms with Crippen LogP contribution in [-0.2, 0) is 6.54 Å². The van der Waals surface area contributed by atoms with Crippen LogP contribution in [-0.4, -0.2) is 32.9 Å². The first kappa shape index (κ1) is 27.5. The van der Waals surface area contributed by atoms with Crippen LogP contribution in [0.3, 0.4) is 0 Å². The number of fused-ring (bicyclic) bond motifs is 1. The quantitative estimate of drug-likeness (QED) is 0.313. The Balaban J connectivity index is 0.00000320. The van der Waals surface area contributed by atoms with Crippen LogP contribution in [0.5, 0.6) is 0 Å². The number of nitrogens with zero attached hydrogens (tertiary/aromatic N) is 3. The number of carbonyl (C=O) groups excluding carboxylic acids is 2. The minimum Gasteiger partial charge on any atom is -0.545 e. The zero-order valence-electron chi connectivity index (χ0n) is 19.6. The third kappa shape index (κ3) is 5.37. The number of primary amides is 1. The molecule has 186 valence electrons. The molecule has 2 heterocycles.